The monoisotopic (exact) mass is 308 g/mol. The van der Waals surface area contributed by atoms with Crippen LogP contribution in [0.2, 0.25) is 5.02 Å². The summed E-state index contributed by atoms with van der Waals surface area (Å²) in [5.41, 5.74) is 0.622. The molecule has 6 heteroatoms. The van der Waals surface area contributed by atoms with Crippen LogP contribution in [0.4, 0.5) is 13.2 Å². The molecular weight excluding hydrogens is 293 g/mol. The number of fused-ring (bicyclic) bond motifs is 1. The highest BCUT2D eigenvalue weighted by Gasteiger charge is 2.43. The molecule has 112 valence electrons. The predicted octanol–water partition coefficient (Wildman–Crippen LogP) is 3.87. The summed E-state index contributed by atoms with van der Waals surface area (Å²) >= 11 is 6.02. The van der Waals surface area contributed by atoms with E-state index in [1.165, 1.54) is 0 Å². The fraction of sp³-hybridized carbons (Fsp3) is 0.571. The minimum atomic E-state index is -4.63. The summed E-state index contributed by atoms with van der Waals surface area (Å²) in [6.45, 7) is 3.80. The highest BCUT2D eigenvalue weighted by molar-refractivity contribution is 6.30. The number of hydrogen-bond acceptors (Lipinski definition) is 2. The van der Waals surface area contributed by atoms with Gasteiger partial charge in [-0.1, -0.05) is 25.4 Å². The Bertz CT molecular complexity index is 512. The minimum absolute atomic E-state index is 0.438. The molecule has 1 aromatic carbocycles. The van der Waals surface area contributed by atoms with Gasteiger partial charge in [-0.15, -0.1) is 0 Å². The van der Waals surface area contributed by atoms with Gasteiger partial charge < -0.3 is 9.84 Å². The summed E-state index contributed by atoms with van der Waals surface area (Å²) in [4.78, 5) is 0. The molecule has 0 spiro atoms. The highest BCUT2D eigenvalue weighted by atomic mass is 35.5. The van der Waals surface area contributed by atoms with Gasteiger partial charge in [-0.25, -0.2) is 0 Å². The van der Waals surface area contributed by atoms with Crippen LogP contribution in [-0.2, 0) is 11.8 Å². The van der Waals surface area contributed by atoms with Crippen LogP contribution in [0, 0.1) is 0 Å². The van der Waals surface area contributed by atoms with E-state index in [9.17, 15) is 18.3 Å². The molecule has 0 saturated carbocycles. The van der Waals surface area contributed by atoms with Gasteiger partial charge in [0.15, 0.2) is 6.10 Å². The van der Waals surface area contributed by atoms with Crippen molar-refractivity contribution in [3.63, 3.8) is 0 Å². The van der Waals surface area contributed by atoms with Crippen LogP contribution >= 0.6 is 11.6 Å². The van der Waals surface area contributed by atoms with Crippen LogP contribution in [0.25, 0.3) is 0 Å². The number of ether oxygens (including phenoxy) is 1. The van der Waals surface area contributed by atoms with E-state index in [-0.39, 0.29) is 0 Å². The Morgan fingerprint density at radius 3 is 2.60 bits per heavy atom. The third-order valence-corrected chi connectivity index (χ3v) is 3.78. The van der Waals surface area contributed by atoms with E-state index in [0.717, 1.165) is 5.56 Å². The van der Waals surface area contributed by atoms with E-state index in [1.807, 2.05) is 0 Å². The molecule has 0 fully saturated rings. The SMILES string of the molecule is CC(C)(CC(O)C(F)(F)F)c1cc(Cl)cc2c1OCC2. The normalized spacial score (nSPS) is 16.8. The standard InChI is InChI=1S/C14H16ClF3O2/c1-13(2,7-11(19)14(16,17)18)10-6-9(15)5-8-3-4-20-12(8)10/h5-6,11,19H,3-4,7H2,1-2H3. The Morgan fingerprint density at radius 1 is 1.35 bits per heavy atom. The van der Waals surface area contributed by atoms with E-state index >= 15 is 0 Å². The van der Waals surface area contributed by atoms with E-state index in [4.69, 9.17) is 16.3 Å². The van der Waals surface area contributed by atoms with Gasteiger partial charge in [0, 0.05) is 17.0 Å². The largest absolute Gasteiger partial charge is 0.493 e. The Labute approximate surface area is 120 Å². The van der Waals surface area contributed by atoms with E-state index in [2.05, 4.69) is 0 Å². The van der Waals surface area contributed by atoms with E-state index in [1.54, 1.807) is 26.0 Å². The molecule has 2 rings (SSSR count). The first-order valence-corrected chi connectivity index (χ1v) is 6.69. The zero-order chi connectivity index (χ0) is 15.1. The molecule has 1 heterocycles. The van der Waals surface area contributed by atoms with E-state index < -0.39 is 24.1 Å². The summed E-state index contributed by atoms with van der Waals surface area (Å²) in [5, 5.41) is 9.77. The number of aliphatic hydroxyl groups is 1. The van der Waals surface area contributed by atoms with Crippen molar-refractivity contribution in [1.29, 1.82) is 0 Å². The van der Waals surface area contributed by atoms with Crippen molar-refractivity contribution in [2.24, 2.45) is 0 Å². The lowest BCUT2D eigenvalue weighted by Crippen LogP contribution is -2.35. The maximum absolute atomic E-state index is 12.5. The first-order chi connectivity index (χ1) is 9.11. The predicted molar refractivity (Wildman–Crippen MR) is 70.4 cm³/mol. The number of benzene rings is 1. The van der Waals surface area contributed by atoms with Gasteiger partial charge in [-0.3, -0.25) is 0 Å². The number of halogens is 4. The van der Waals surface area contributed by atoms with Gasteiger partial charge in [0.2, 0.25) is 0 Å². The fourth-order valence-electron chi connectivity index (χ4n) is 2.48. The molecule has 1 aromatic rings. The van der Waals surface area contributed by atoms with Gasteiger partial charge in [0.1, 0.15) is 5.75 Å². The number of hydrogen-bond donors (Lipinski definition) is 1. The summed E-state index contributed by atoms with van der Waals surface area (Å²) < 4.78 is 43.1. The Balaban J connectivity index is 2.35. The zero-order valence-corrected chi connectivity index (χ0v) is 12.0. The molecule has 1 unspecified atom stereocenters. The summed E-state index contributed by atoms with van der Waals surface area (Å²) in [5.74, 6) is 0.605. The summed E-state index contributed by atoms with van der Waals surface area (Å²) in [7, 11) is 0. The molecule has 0 bridgehead atoms. The van der Waals surface area contributed by atoms with Gasteiger partial charge in [0.25, 0.3) is 0 Å². The zero-order valence-electron chi connectivity index (χ0n) is 11.2. The fourth-order valence-corrected chi connectivity index (χ4v) is 2.72. The van der Waals surface area contributed by atoms with Crippen molar-refractivity contribution in [3.8, 4) is 5.75 Å². The van der Waals surface area contributed by atoms with Gasteiger partial charge in [-0.05, 0) is 29.5 Å². The van der Waals surface area contributed by atoms with Crippen LogP contribution < -0.4 is 4.74 Å². The maximum atomic E-state index is 12.5. The first-order valence-electron chi connectivity index (χ1n) is 6.32. The van der Waals surface area contributed by atoms with Crippen molar-refractivity contribution in [3.05, 3.63) is 28.3 Å². The Kier molecular flexibility index (Phi) is 3.95. The Morgan fingerprint density at radius 2 is 2.00 bits per heavy atom. The highest BCUT2D eigenvalue weighted by Crippen LogP contribution is 2.43. The van der Waals surface area contributed by atoms with Crippen LogP contribution in [0.15, 0.2) is 12.1 Å². The molecule has 1 aliphatic rings. The minimum Gasteiger partial charge on any atom is -0.493 e. The maximum Gasteiger partial charge on any atom is 0.414 e. The quantitative estimate of drug-likeness (QED) is 0.918. The van der Waals surface area contributed by atoms with E-state index in [0.29, 0.717) is 29.4 Å². The molecule has 0 aliphatic carbocycles. The lowest BCUT2D eigenvalue weighted by molar-refractivity contribution is -0.209. The lowest BCUT2D eigenvalue weighted by atomic mass is 9.78. The molecule has 0 radical (unpaired) electrons. The number of alkyl halides is 3. The van der Waals surface area contributed by atoms with Crippen LogP contribution in [-0.4, -0.2) is 24.0 Å². The second-order valence-corrected chi connectivity index (χ2v) is 6.12. The second-order valence-electron chi connectivity index (χ2n) is 5.69. The third kappa shape index (κ3) is 3.04. The average Bonchev–Trinajstić information content (AvgIpc) is 2.73. The summed E-state index contributed by atoms with van der Waals surface area (Å²) in [6, 6.07) is 3.39. The second kappa shape index (κ2) is 5.11. The molecule has 0 saturated heterocycles. The summed E-state index contributed by atoms with van der Waals surface area (Å²) in [6.07, 6.45) is -6.73. The molecule has 1 N–H and O–H groups in total. The number of rotatable bonds is 3. The van der Waals surface area contributed by atoms with Crippen LogP contribution in [0.3, 0.4) is 0 Å². The molecular formula is C14H16ClF3O2. The van der Waals surface area contributed by atoms with Crippen molar-refractivity contribution in [2.45, 2.75) is 44.4 Å². The van der Waals surface area contributed by atoms with Gasteiger partial charge in [0.05, 0.1) is 6.61 Å². The van der Waals surface area contributed by atoms with Crippen molar-refractivity contribution < 1.29 is 23.0 Å². The molecule has 0 aromatic heterocycles. The molecule has 1 atom stereocenters. The Hall–Kier alpha value is -0.940. The average molecular weight is 309 g/mol. The lowest BCUT2D eigenvalue weighted by Gasteiger charge is -2.30. The molecule has 0 amide bonds. The van der Waals surface area contributed by atoms with Gasteiger partial charge >= 0.3 is 6.18 Å². The topological polar surface area (TPSA) is 29.5 Å². The van der Waals surface area contributed by atoms with Crippen LogP contribution in [0.5, 0.6) is 5.75 Å². The first kappa shape index (κ1) is 15.4. The van der Waals surface area contributed by atoms with Crippen molar-refractivity contribution in [2.75, 3.05) is 6.61 Å². The third-order valence-electron chi connectivity index (χ3n) is 3.56. The van der Waals surface area contributed by atoms with Crippen molar-refractivity contribution >= 4 is 11.6 Å². The van der Waals surface area contributed by atoms with Crippen molar-refractivity contribution in [1.82, 2.24) is 0 Å². The molecule has 1 aliphatic heterocycles. The number of aliphatic hydroxyl groups excluding tert-OH is 1. The smallest absolute Gasteiger partial charge is 0.414 e. The molecule has 2 nitrogen and oxygen atoms in total. The van der Waals surface area contributed by atoms with Gasteiger partial charge in [-0.2, -0.15) is 13.2 Å². The molecule has 20 heavy (non-hydrogen) atoms. The van der Waals surface area contributed by atoms with Crippen LogP contribution in [0.1, 0.15) is 31.4 Å².